The van der Waals surface area contributed by atoms with Gasteiger partial charge in [0.15, 0.2) is 0 Å². The van der Waals surface area contributed by atoms with Gasteiger partial charge in [-0.2, -0.15) is 0 Å². The van der Waals surface area contributed by atoms with Gasteiger partial charge < -0.3 is 14.6 Å². The summed E-state index contributed by atoms with van der Waals surface area (Å²) in [5.41, 5.74) is 1.66. The zero-order chi connectivity index (χ0) is 25.4. The van der Waals surface area contributed by atoms with Gasteiger partial charge in [0.25, 0.3) is 0 Å². The fraction of sp³-hybridized carbons (Fsp3) is 0.643. The fourth-order valence-corrected chi connectivity index (χ4v) is 10.1. The summed E-state index contributed by atoms with van der Waals surface area (Å²) in [5.74, 6) is -0.861. The number of benzene rings is 1. The fourth-order valence-electron chi connectivity index (χ4n) is 4.27. The van der Waals surface area contributed by atoms with Gasteiger partial charge in [0, 0.05) is 12.8 Å². The molecule has 0 aliphatic rings. The average molecular weight is 494 g/mol. The van der Waals surface area contributed by atoms with E-state index in [9.17, 15) is 14.7 Å². The number of hydrogen-bond acceptors (Lipinski definition) is 5. The molecule has 0 aromatic heterocycles. The standard InChI is InChI=1S/C28H46O5P/c1-6-9-17-34(18-10-7-2,19-11-8-3)26(24-15-13-12-14-16-24)20-27(30)32-21-25(29)22-33-28(31)23(4)5/h12-16,25-26,29H,4,6-11,17-22H2,1-3,5H3/q+1. The van der Waals surface area contributed by atoms with Crippen LogP contribution in [0, 0.1) is 0 Å². The lowest BCUT2D eigenvalue weighted by atomic mass is 10.1. The van der Waals surface area contributed by atoms with Crippen molar-refractivity contribution >= 4 is 19.2 Å². The molecule has 0 spiro atoms. The minimum Gasteiger partial charge on any atom is -0.463 e. The van der Waals surface area contributed by atoms with Crippen LogP contribution in [0.1, 0.15) is 83.9 Å². The number of carbonyl (C=O) groups excluding carboxylic acids is 2. The van der Waals surface area contributed by atoms with Gasteiger partial charge in [-0.15, -0.1) is 0 Å². The third kappa shape index (κ3) is 10.7. The first-order chi connectivity index (χ1) is 16.3. The Kier molecular flexibility index (Phi) is 15.0. The topological polar surface area (TPSA) is 72.8 Å². The molecule has 0 heterocycles. The molecule has 0 saturated carbocycles. The number of carbonyl (C=O) groups is 2. The molecule has 0 fully saturated rings. The van der Waals surface area contributed by atoms with E-state index in [4.69, 9.17) is 9.47 Å². The summed E-state index contributed by atoms with van der Waals surface area (Å²) >= 11 is 0. The minimum atomic E-state index is -1.46. The average Bonchev–Trinajstić information content (AvgIpc) is 2.85. The summed E-state index contributed by atoms with van der Waals surface area (Å²) in [6, 6.07) is 10.4. The quantitative estimate of drug-likeness (QED) is 0.142. The maximum absolute atomic E-state index is 13.0. The van der Waals surface area contributed by atoms with Crippen molar-refractivity contribution in [2.45, 2.75) is 84.4 Å². The van der Waals surface area contributed by atoms with Gasteiger partial charge in [0.2, 0.25) is 0 Å². The van der Waals surface area contributed by atoms with Crippen LogP contribution in [0.3, 0.4) is 0 Å². The monoisotopic (exact) mass is 493 g/mol. The van der Waals surface area contributed by atoms with Gasteiger partial charge in [0.05, 0.1) is 24.9 Å². The molecule has 34 heavy (non-hydrogen) atoms. The van der Waals surface area contributed by atoms with E-state index in [1.54, 1.807) is 6.92 Å². The molecule has 2 unspecified atom stereocenters. The molecule has 5 nitrogen and oxygen atoms in total. The zero-order valence-corrected chi connectivity index (χ0v) is 22.7. The van der Waals surface area contributed by atoms with Crippen molar-refractivity contribution in [3.8, 4) is 0 Å². The Hall–Kier alpha value is -1.71. The lowest BCUT2D eigenvalue weighted by molar-refractivity contribution is -0.150. The van der Waals surface area contributed by atoms with Crippen LogP contribution in [0.15, 0.2) is 42.5 Å². The second-order valence-corrected chi connectivity index (χ2v) is 13.7. The number of unbranched alkanes of at least 4 members (excludes halogenated alkanes) is 3. The predicted octanol–water partition coefficient (Wildman–Crippen LogP) is 6.56. The van der Waals surface area contributed by atoms with Crippen LogP contribution in [-0.4, -0.2) is 54.8 Å². The molecule has 0 bridgehead atoms. The van der Waals surface area contributed by atoms with E-state index in [2.05, 4.69) is 51.6 Å². The van der Waals surface area contributed by atoms with Crippen LogP contribution in [0.25, 0.3) is 0 Å². The van der Waals surface area contributed by atoms with Gasteiger partial charge in [0.1, 0.15) is 25.0 Å². The molecule has 1 N–H and O–H groups in total. The Morgan fingerprint density at radius 3 is 1.88 bits per heavy atom. The molecule has 1 rings (SSSR count). The smallest absolute Gasteiger partial charge is 0.333 e. The largest absolute Gasteiger partial charge is 0.463 e. The summed E-state index contributed by atoms with van der Waals surface area (Å²) in [4.78, 5) is 24.5. The van der Waals surface area contributed by atoms with E-state index in [1.165, 1.54) is 43.3 Å². The summed E-state index contributed by atoms with van der Waals surface area (Å²) in [6.07, 6.45) is 9.91. The minimum absolute atomic E-state index is 0.171. The van der Waals surface area contributed by atoms with Gasteiger partial charge in [-0.25, -0.2) is 4.79 Å². The highest BCUT2D eigenvalue weighted by Crippen LogP contribution is 2.72. The van der Waals surface area contributed by atoms with Crippen molar-refractivity contribution in [2.75, 3.05) is 31.7 Å². The second-order valence-electron chi connectivity index (χ2n) is 9.30. The number of rotatable bonds is 18. The van der Waals surface area contributed by atoms with E-state index in [0.717, 1.165) is 19.3 Å². The first-order valence-corrected chi connectivity index (χ1v) is 15.3. The van der Waals surface area contributed by atoms with Crippen LogP contribution >= 0.6 is 7.26 Å². The number of hydrogen-bond donors (Lipinski definition) is 1. The molecule has 6 heteroatoms. The van der Waals surface area contributed by atoms with Crippen molar-refractivity contribution < 1.29 is 24.2 Å². The molecule has 0 radical (unpaired) electrons. The molecular formula is C28H46O5P+. The Morgan fingerprint density at radius 2 is 1.41 bits per heavy atom. The van der Waals surface area contributed by atoms with E-state index in [-0.39, 0.29) is 30.4 Å². The molecule has 0 aliphatic heterocycles. The Morgan fingerprint density at radius 1 is 0.912 bits per heavy atom. The molecule has 0 saturated heterocycles. The lowest BCUT2D eigenvalue weighted by Gasteiger charge is -2.35. The highest BCUT2D eigenvalue weighted by molar-refractivity contribution is 7.76. The van der Waals surface area contributed by atoms with E-state index < -0.39 is 19.3 Å². The maximum Gasteiger partial charge on any atom is 0.333 e. The number of aliphatic hydroxyl groups excluding tert-OH is 1. The van der Waals surface area contributed by atoms with Crippen molar-refractivity contribution in [2.24, 2.45) is 0 Å². The van der Waals surface area contributed by atoms with Crippen LogP contribution < -0.4 is 0 Å². The van der Waals surface area contributed by atoms with Crippen molar-refractivity contribution in [3.63, 3.8) is 0 Å². The molecule has 192 valence electrons. The van der Waals surface area contributed by atoms with Crippen molar-refractivity contribution in [3.05, 3.63) is 48.0 Å². The first kappa shape index (κ1) is 30.3. The van der Waals surface area contributed by atoms with Gasteiger partial charge in [-0.05, 0) is 31.7 Å². The third-order valence-electron chi connectivity index (χ3n) is 6.27. The van der Waals surface area contributed by atoms with Gasteiger partial charge in [-0.3, -0.25) is 4.79 Å². The highest BCUT2D eigenvalue weighted by atomic mass is 31.2. The maximum atomic E-state index is 13.0. The molecule has 1 aromatic carbocycles. The predicted molar refractivity (Wildman–Crippen MR) is 143 cm³/mol. The van der Waals surface area contributed by atoms with E-state index >= 15 is 0 Å². The van der Waals surface area contributed by atoms with Crippen molar-refractivity contribution in [1.82, 2.24) is 0 Å². The Labute approximate surface area is 207 Å². The number of esters is 2. The second kappa shape index (κ2) is 16.8. The normalized spacial score (nSPS) is 13.2. The summed E-state index contributed by atoms with van der Waals surface area (Å²) < 4.78 is 10.4. The Balaban J connectivity index is 3.04. The zero-order valence-electron chi connectivity index (χ0n) is 21.8. The molecule has 0 aliphatic carbocycles. The summed E-state index contributed by atoms with van der Waals surface area (Å²) in [6.45, 7) is 11.4. The SMILES string of the molecule is C=C(C)C(=O)OCC(O)COC(=O)CC(c1ccccc1)[P+](CCCC)(CCCC)CCCC. The van der Waals surface area contributed by atoms with E-state index in [1.807, 2.05) is 6.07 Å². The van der Waals surface area contributed by atoms with Crippen molar-refractivity contribution in [1.29, 1.82) is 0 Å². The Bertz CT molecular complexity index is 712. The number of ether oxygens (including phenoxy) is 2. The third-order valence-corrected chi connectivity index (χ3v) is 11.7. The van der Waals surface area contributed by atoms with E-state index in [0.29, 0.717) is 6.42 Å². The van der Waals surface area contributed by atoms with Crippen LogP contribution in [0.5, 0.6) is 0 Å². The first-order valence-electron chi connectivity index (χ1n) is 12.9. The van der Waals surface area contributed by atoms with Gasteiger partial charge in [-0.1, -0.05) is 76.9 Å². The van der Waals surface area contributed by atoms with Gasteiger partial charge >= 0.3 is 11.9 Å². The van der Waals surface area contributed by atoms with Crippen LogP contribution in [-0.2, 0) is 19.1 Å². The molecular weight excluding hydrogens is 447 g/mol. The molecule has 2 atom stereocenters. The summed E-state index contributed by atoms with van der Waals surface area (Å²) in [7, 11) is -1.46. The van der Waals surface area contributed by atoms with Crippen LogP contribution in [0.2, 0.25) is 0 Å². The summed E-state index contributed by atoms with van der Waals surface area (Å²) in [5, 5.41) is 10.1. The molecule has 1 aromatic rings. The highest BCUT2D eigenvalue weighted by Gasteiger charge is 2.46. The van der Waals surface area contributed by atoms with Crippen LogP contribution in [0.4, 0.5) is 0 Å². The molecule has 0 amide bonds. The number of aliphatic hydroxyl groups is 1. The lowest BCUT2D eigenvalue weighted by Crippen LogP contribution is -2.27.